The van der Waals surface area contributed by atoms with Crippen LogP contribution >= 0.6 is 38.9 Å². The summed E-state index contributed by atoms with van der Waals surface area (Å²) >= 11 is 11.0. The average molecular weight is 499 g/mol. The molecule has 1 aliphatic rings. The third kappa shape index (κ3) is 4.11. The van der Waals surface area contributed by atoms with Gasteiger partial charge in [0.1, 0.15) is 0 Å². The molecule has 1 fully saturated rings. The fourth-order valence-corrected chi connectivity index (χ4v) is 6.10. The van der Waals surface area contributed by atoms with Gasteiger partial charge in [0.25, 0.3) is 0 Å². The van der Waals surface area contributed by atoms with E-state index in [4.69, 9.17) is 16.6 Å². The summed E-state index contributed by atoms with van der Waals surface area (Å²) in [5.74, 6) is 0. The van der Waals surface area contributed by atoms with Crippen molar-refractivity contribution in [2.45, 2.75) is 4.90 Å². The Morgan fingerprint density at radius 1 is 1.04 bits per heavy atom. The minimum Gasteiger partial charge on any atom is -0.345 e. The van der Waals surface area contributed by atoms with Crippen molar-refractivity contribution in [3.8, 4) is 11.3 Å². The maximum atomic E-state index is 12.8. The van der Waals surface area contributed by atoms with E-state index >= 15 is 0 Å². The Hall–Kier alpha value is -1.45. The van der Waals surface area contributed by atoms with Crippen LogP contribution in [0.3, 0.4) is 0 Å². The van der Waals surface area contributed by atoms with Gasteiger partial charge in [-0.25, -0.2) is 13.4 Å². The van der Waals surface area contributed by atoms with Gasteiger partial charge in [-0.15, -0.1) is 11.3 Å². The summed E-state index contributed by atoms with van der Waals surface area (Å²) in [6, 6.07) is 14.4. The van der Waals surface area contributed by atoms with Crippen LogP contribution in [0.25, 0.3) is 11.3 Å². The largest absolute Gasteiger partial charge is 0.345 e. The number of anilines is 1. The number of benzene rings is 2. The van der Waals surface area contributed by atoms with Crippen LogP contribution in [0.2, 0.25) is 5.02 Å². The number of nitrogens with zero attached hydrogens (tertiary/aromatic N) is 3. The summed E-state index contributed by atoms with van der Waals surface area (Å²) < 4.78 is 28.2. The maximum Gasteiger partial charge on any atom is 0.243 e. The highest BCUT2D eigenvalue weighted by molar-refractivity contribution is 9.10. The number of thiazole rings is 1. The molecule has 0 unspecified atom stereocenters. The molecule has 2 heterocycles. The van der Waals surface area contributed by atoms with Crippen LogP contribution in [0.15, 0.2) is 63.3 Å². The molecule has 0 aliphatic carbocycles. The van der Waals surface area contributed by atoms with Gasteiger partial charge in [0, 0.05) is 46.6 Å². The highest BCUT2D eigenvalue weighted by Crippen LogP contribution is 2.30. The highest BCUT2D eigenvalue weighted by Gasteiger charge is 2.29. The molecule has 0 bridgehead atoms. The molecule has 1 aliphatic heterocycles. The van der Waals surface area contributed by atoms with Gasteiger partial charge in [-0.05, 0) is 30.3 Å². The fourth-order valence-electron chi connectivity index (χ4n) is 3.09. The van der Waals surface area contributed by atoms with E-state index in [9.17, 15) is 8.42 Å². The van der Waals surface area contributed by atoms with Crippen LogP contribution in [0.1, 0.15) is 0 Å². The predicted molar refractivity (Wildman–Crippen MR) is 118 cm³/mol. The molecular weight excluding hydrogens is 482 g/mol. The molecule has 0 radical (unpaired) electrons. The zero-order valence-corrected chi connectivity index (χ0v) is 18.7. The normalized spacial score (nSPS) is 15.7. The third-order valence-electron chi connectivity index (χ3n) is 4.56. The van der Waals surface area contributed by atoms with Crippen LogP contribution in [-0.4, -0.2) is 43.9 Å². The van der Waals surface area contributed by atoms with E-state index in [0.29, 0.717) is 31.2 Å². The molecule has 1 aromatic heterocycles. The Balaban J connectivity index is 1.46. The molecule has 0 saturated carbocycles. The molecule has 0 amide bonds. The zero-order chi connectivity index (χ0) is 19.7. The first-order valence-electron chi connectivity index (χ1n) is 8.65. The smallest absolute Gasteiger partial charge is 0.243 e. The van der Waals surface area contributed by atoms with Gasteiger partial charge in [0.05, 0.1) is 10.6 Å². The third-order valence-corrected chi connectivity index (χ3v) is 8.08. The summed E-state index contributed by atoms with van der Waals surface area (Å²) in [5.41, 5.74) is 1.98. The summed E-state index contributed by atoms with van der Waals surface area (Å²) in [6.07, 6.45) is 0. The van der Waals surface area contributed by atoms with Crippen LogP contribution < -0.4 is 4.90 Å². The number of sulfonamides is 1. The lowest BCUT2D eigenvalue weighted by molar-refractivity contribution is 0.385. The summed E-state index contributed by atoms with van der Waals surface area (Å²) in [4.78, 5) is 7.11. The fraction of sp³-hybridized carbons (Fsp3) is 0.211. The van der Waals surface area contributed by atoms with Crippen molar-refractivity contribution in [1.29, 1.82) is 0 Å². The first kappa shape index (κ1) is 19.8. The van der Waals surface area contributed by atoms with Gasteiger partial charge in [-0.1, -0.05) is 45.7 Å². The van der Waals surface area contributed by atoms with Crippen LogP contribution in [0.4, 0.5) is 5.13 Å². The van der Waals surface area contributed by atoms with E-state index in [1.807, 2.05) is 29.6 Å². The molecule has 1 saturated heterocycles. The zero-order valence-electron chi connectivity index (χ0n) is 14.8. The topological polar surface area (TPSA) is 53.5 Å². The van der Waals surface area contributed by atoms with Crippen LogP contribution in [0, 0.1) is 0 Å². The van der Waals surface area contributed by atoms with Gasteiger partial charge in [0.15, 0.2) is 5.13 Å². The van der Waals surface area contributed by atoms with Gasteiger partial charge in [-0.3, -0.25) is 0 Å². The lowest BCUT2D eigenvalue weighted by Crippen LogP contribution is -2.48. The van der Waals surface area contributed by atoms with E-state index in [2.05, 4.69) is 20.8 Å². The maximum absolute atomic E-state index is 12.8. The standard InChI is InChI=1S/C19H17BrClN3O2S2/c20-15-4-1-3-14(11-15)18-13-27-19(22-18)23-7-9-24(10-8-23)28(25,26)17-6-2-5-16(21)12-17/h1-6,11-13H,7-10H2. The van der Waals surface area contributed by atoms with Crippen molar-refractivity contribution in [3.05, 3.63) is 63.4 Å². The van der Waals surface area contributed by atoms with Crippen molar-refractivity contribution in [2.75, 3.05) is 31.1 Å². The molecule has 5 nitrogen and oxygen atoms in total. The Bertz CT molecular complexity index is 1100. The Morgan fingerprint density at radius 3 is 2.50 bits per heavy atom. The van der Waals surface area contributed by atoms with Crippen LogP contribution in [-0.2, 0) is 10.0 Å². The first-order chi connectivity index (χ1) is 13.4. The lowest BCUT2D eigenvalue weighted by Gasteiger charge is -2.33. The summed E-state index contributed by atoms with van der Waals surface area (Å²) in [7, 11) is -3.53. The molecule has 3 aromatic rings. The second-order valence-electron chi connectivity index (χ2n) is 6.37. The second-order valence-corrected chi connectivity index (χ2v) is 10.5. The number of rotatable bonds is 4. The molecule has 146 valence electrons. The van der Waals surface area contributed by atoms with Gasteiger partial charge < -0.3 is 4.90 Å². The molecule has 0 atom stereocenters. The number of hydrogen-bond donors (Lipinski definition) is 0. The Labute approximate surface area is 181 Å². The Kier molecular flexibility index (Phi) is 5.76. The predicted octanol–water partition coefficient (Wildman–Crippen LogP) is 4.74. The minimum absolute atomic E-state index is 0.236. The van der Waals surface area contributed by atoms with Crippen molar-refractivity contribution in [1.82, 2.24) is 9.29 Å². The molecule has 9 heteroatoms. The minimum atomic E-state index is -3.53. The lowest BCUT2D eigenvalue weighted by atomic mass is 10.2. The molecule has 0 N–H and O–H groups in total. The van der Waals surface area contributed by atoms with Gasteiger partial charge >= 0.3 is 0 Å². The molecular formula is C19H17BrClN3O2S2. The average Bonchev–Trinajstić information content (AvgIpc) is 3.18. The van der Waals surface area contributed by atoms with Crippen molar-refractivity contribution in [2.24, 2.45) is 0 Å². The number of hydrogen-bond acceptors (Lipinski definition) is 5. The molecule has 0 spiro atoms. The number of piperazine rings is 1. The van der Waals surface area contributed by atoms with Gasteiger partial charge in [-0.2, -0.15) is 4.31 Å². The molecule has 28 heavy (non-hydrogen) atoms. The van der Waals surface area contributed by atoms with Crippen LogP contribution in [0.5, 0.6) is 0 Å². The summed E-state index contributed by atoms with van der Waals surface area (Å²) in [5, 5.41) is 3.36. The van der Waals surface area contributed by atoms with E-state index in [-0.39, 0.29) is 4.90 Å². The van der Waals surface area contributed by atoms with Crippen molar-refractivity contribution >= 4 is 54.0 Å². The van der Waals surface area contributed by atoms with E-state index in [1.165, 1.54) is 10.4 Å². The number of halogens is 2. The molecule has 4 rings (SSSR count). The van der Waals surface area contributed by atoms with E-state index < -0.39 is 10.0 Å². The number of aromatic nitrogens is 1. The first-order valence-corrected chi connectivity index (χ1v) is 12.1. The summed E-state index contributed by atoms with van der Waals surface area (Å²) in [6.45, 7) is 2.04. The van der Waals surface area contributed by atoms with E-state index in [1.54, 1.807) is 29.5 Å². The van der Waals surface area contributed by atoms with Crippen molar-refractivity contribution in [3.63, 3.8) is 0 Å². The van der Waals surface area contributed by atoms with Gasteiger partial charge in [0.2, 0.25) is 10.0 Å². The molecule has 2 aromatic carbocycles. The van der Waals surface area contributed by atoms with Crippen molar-refractivity contribution < 1.29 is 8.42 Å². The quantitative estimate of drug-likeness (QED) is 0.521. The second kappa shape index (κ2) is 8.12. The highest BCUT2D eigenvalue weighted by atomic mass is 79.9. The van der Waals surface area contributed by atoms with E-state index in [0.717, 1.165) is 20.9 Å². The monoisotopic (exact) mass is 497 g/mol. The Morgan fingerprint density at radius 2 is 1.79 bits per heavy atom. The SMILES string of the molecule is O=S(=O)(c1cccc(Cl)c1)N1CCN(c2nc(-c3cccc(Br)c3)cs2)CC1.